The molecule has 0 saturated carbocycles. The maximum absolute atomic E-state index is 11.0. The topological polar surface area (TPSA) is 67.5 Å². The molecule has 1 aromatic rings. The van der Waals surface area contributed by atoms with E-state index in [4.69, 9.17) is 5.73 Å². The summed E-state index contributed by atoms with van der Waals surface area (Å²) < 4.78 is 0.838. The number of fused-ring (bicyclic) bond motifs is 1. The van der Waals surface area contributed by atoms with Gasteiger partial charge in [-0.15, -0.1) is 11.3 Å². The maximum Gasteiger partial charge on any atom is 0.266 e. The van der Waals surface area contributed by atoms with Crippen molar-refractivity contribution in [1.29, 1.82) is 0 Å². The van der Waals surface area contributed by atoms with E-state index in [0.29, 0.717) is 5.70 Å². The fraction of sp³-hybridized carbons (Fsp3) is 0. The first-order chi connectivity index (χ1) is 6.29. The molecule has 1 aliphatic heterocycles. The molecular formula is C8H7N3OS. The smallest absolute Gasteiger partial charge is 0.266 e. The highest BCUT2D eigenvalue weighted by atomic mass is 32.1. The van der Waals surface area contributed by atoms with Crippen LogP contribution in [-0.4, -0.2) is 12.2 Å². The summed E-state index contributed by atoms with van der Waals surface area (Å²) >= 11 is 1.46. The van der Waals surface area contributed by atoms with E-state index < -0.39 is 5.91 Å². The van der Waals surface area contributed by atoms with Crippen molar-refractivity contribution in [3.8, 4) is 0 Å². The van der Waals surface area contributed by atoms with Gasteiger partial charge in [0.1, 0.15) is 5.70 Å². The number of rotatable bonds is 1. The van der Waals surface area contributed by atoms with Gasteiger partial charge in [0.2, 0.25) is 0 Å². The number of carbonyl (C=O) groups excluding carboxylic acids is 1. The zero-order valence-electron chi connectivity index (χ0n) is 6.65. The lowest BCUT2D eigenvalue weighted by atomic mass is 10.3. The molecule has 0 aliphatic carbocycles. The highest BCUT2D eigenvalue weighted by molar-refractivity contribution is 7.08. The van der Waals surface area contributed by atoms with Crippen molar-refractivity contribution >= 4 is 35.5 Å². The van der Waals surface area contributed by atoms with Gasteiger partial charge >= 0.3 is 0 Å². The van der Waals surface area contributed by atoms with E-state index in [1.54, 1.807) is 6.20 Å². The van der Waals surface area contributed by atoms with Gasteiger partial charge in [-0.05, 0) is 11.4 Å². The Balaban J connectivity index is 2.82. The van der Waals surface area contributed by atoms with Gasteiger partial charge in [-0.2, -0.15) is 0 Å². The summed E-state index contributed by atoms with van der Waals surface area (Å²) in [5.74, 6) is -0.467. The molecule has 0 aromatic carbocycles. The van der Waals surface area contributed by atoms with Gasteiger partial charge < -0.3 is 11.1 Å². The van der Waals surface area contributed by atoms with Crippen molar-refractivity contribution in [2.75, 3.05) is 0 Å². The predicted octanol–water partition coefficient (Wildman–Crippen LogP) is -1.29. The second-order valence-corrected chi connectivity index (χ2v) is 3.41. The van der Waals surface area contributed by atoms with Crippen LogP contribution in [0, 0.1) is 0 Å². The van der Waals surface area contributed by atoms with Crippen LogP contribution < -0.4 is 20.8 Å². The van der Waals surface area contributed by atoms with Crippen LogP contribution in [-0.2, 0) is 4.79 Å². The highest BCUT2D eigenvalue weighted by Gasteiger charge is 2.07. The molecule has 1 aliphatic rings. The fourth-order valence-corrected chi connectivity index (χ4v) is 1.98. The van der Waals surface area contributed by atoms with Crippen LogP contribution in [0.25, 0.3) is 11.9 Å². The quantitative estimate of drug-likeness (QED) is 0.583. The molecule has 1 aromatic heterocycles. The molecule has 0 bridgehead atoms. The van der Waals surface area contributed by atoms with Gasteiger partial charge in [-0.1, -0.05) is 0 Å². The van der Waals surface area contributed by atoms with E-state index in [2.05, 4.69) is 10.3 Å². The van der Waals surface area contributed by atoms with E-state index in [0.717, 1.165) is 9.75 Å². The first-order valence-corrected chi connectivity index (χ1v) is 4.53. The summed E-state index contributed by atoms with van der Waals surface area (Å²) in [5.41, 5.74) is 5.61. The van der Waals surface area contributed by atoms with Crippen molar-refractivity contribution in [2.24, 2.45) is 10.7 Å². The normalized spacial score (nSPS) is 14.0. The molecule has 0 unspecified atom stereocenters. The van der Waals surface area contributed by atoms with Gasteiger partial charge in [0, 0.05) is 11.4 Å². The van der Waals surface area contributed by atoms with E-state index in [1.165, 1.54) is 17.7 Å². The lowest BCUT2D eigenvalue weighted by Gasteiger charge is -1.97. The van der Waals surface area contributed by atoms with Crippen LogP contribution >= 0.6 is 11.3 Å². The lowest BCUT2D eigenvalue weighted by Crippen LogP contribution is -2.33. The molecule has 0 atom stereocenters. The molecule has 2 rings (SSSR count). The second-order valence-electron chi connectivity index (χ2n) is 2.50. The SMILES string of the molecule is NC(=O)C1=c2sccc2=CN=CN1. The Kier molecular flexibility index (Phi) is 1.86. The van der Waals surface area contributed by atoms with Crippen molar-refractivity contribution in [3.63, 3.8) is 0 Å². The Morgan fingerprint density at radius 3 is 3.23 bits per heavy atom. The van der Waals surface area contributed by atoms with Gasteiger partial charge in [0.05, 0.1) is 10.9 Å². The zero-order valence-corrected chi connectivity index (χ0v) is 7.47. The van der Waals surface area contributed by atoms with Crippen molar-refractivity contribution < 1.29 is 4.79 Å². The van der Waals surface area contributed by atoms with E-state index in [-0.39, 0.29) is 0 Å². The molecule has 5 heteroatoms. The summed E-state index contributed by atoms with van der Waals surface area (Å²) in [6.07, 6.45) is 3.14. The molecule has 0 radical (unpaired) electrons. The number of thiophene rings is 1. The number of nitrogens with one attached hydrogen (secondary N) is 1. The largest absolute Gasteiger partial charge is 0.364 e. The maximum atomic E-state index is 11.0. The Labute approximate surface area is 78.1 Å². The van der Waals surface area contributed by atoms with Crippen LogP contribution in [0.1, 0.15) is 0 Å². The minimum Gasteiger partial charge on any atom is -0.364 e. The lowest BCUT2D eigenvalue weighted by molar-refractivity contribution is -0.113. The van der Waals surface area contributed by atoms with Gasteiger partial charge in [-0.3, -0.25) is 4.79 Å². The first-order valence-electron chi connectivity index (χ1n) is 3.65. The van der Waals surface area contributed by atoms with Crippen molar-refractivity contribution in [3.05, 3.63) is 21.2 Å². The van der Waals surface area contributed by atoms with Gasteiger partial charge in [0.15, 0.2) is 0 Å². The van der Waals surface area contributed by atoms with E-state index >= 15 is 0 Å². The molecule has 4 nitrogen and oxygen atoms in total. The van der Waals surface area contributed by atoms with E-state index in [9.17, 15) is 4.79 Å². The Morgan fingerprint density at radius 1 is 1.62 bits per heavy atom. The number of aliphatic imine (C=N–C) groups is 1. The predicted molar refractivity (Wildman–Crippen MR) is 52.3 cm³/mol. The van der Waals surface area contributed by atoms with E-state index in [1.807, 2.05) is 11.4 Å². The molecule has 1 amide bonds. The number of hydrogen-bond donors (Lipinski definition) is 2. The third-order valence-electron chi connectivity index (χ3n) is 1.67. The molecule has 0 saturated heterocycles. The number of hydrogen-bond acceptors (Lipinski definition) is 4. The zero-order chi connectivity index (χ0) is 9.26. The molecule has 66 valence electrons. The third-order valence-corrected chi connectivity index (χ3v) is 2.61. The van der Waals surface area contributed by atoms with Crippen molar-refractivity contribution in [2.45, 2.75) is 0 Å². The minimum absolute atomic E-state index is 0.405. The van der Waals surface area contributed by atoms with Crippen LogP contribution in [0.3, 0.4) is 0 Å². The summed E-state index contributed by atoms with van der Waals surface area (Å²) in [6.45, 7) is 0. The number of amides is 1. The van der Waals surface area contributed by atoms with Crippen LogP contribution in [0.15, 0.2) is 16.4 Å². The van der Waals surface area contributed by atoms with Crippen LogP contribution in [0.5, 0.6) is 0 Å². The Morgan fingerprint density at radius 2 is 2.46 bits per heavy atom. The van der Waals surface area contributed by atoms with Crippen molar-refractivity contribution in [1.82, 2.24) is 5.32 Å². The number of carbonyl (C=O) groups is 1. The second kappa shape index (κ2) is 3.02. The molecule has 3 N–H and O–H groups in total. The highest BCUT2D eigenvalue weighted by Crippen LogP contribution is 1.90. The minimum atomic E-state index is -0.467. The monoisotopic (exact) mass is 193 g/mol. The molecule has 2 heterocycles. The average Bonchev–Trinajstić information content (AvgIpc) is 2.44. The summed E-state index contributed by atoms with van der Waals surface area (Å²) in [4.78, 5) is 15.0. The average molecular weight is 193 g/mol. The van der Waals surface area contributed by atoms with Gasteiger partial charge in [0.25, 0.3) is 5.91 Å². The molecule has 0 fully saturated rings. The number of nitrogens with two attached hydrogens (primary N) is 1. The Bertz CT molecular complexity index is 486. The fourth-order valence-electron chi connectivity index (χ4n) is 1.09. The van der Waals surface area contributed by atoms with Crippen LogP contribution in [0.2, 0.25) is 0 Å². The summed E-state index contributed by atoms with van der Waals surface area (Å²) in [7, 11) is 0. The molecule has 13 heavy (non-hydrogen) atoms. The Hall–Kier alpha value is -1.62. The molecule has 0 spiro atoms. The van der Waals surface area contributed by atoms with Gasteiger partial charge in [-0.25, -0.2) is 4.99 Å². The third kappa shape index (κ3) is 1.33. The number of nitrogens with zero attached hydrogens (tertiary/aromatic N) is 1. The number of primary amides is 1. The summed E-state index contributed by atoms with van der Waals surface area (Å²) in [6, 6.07) is 1.90. The van der Waals surface area contributed by atoms with Crippen LogP contribution in [0.4, 0.5) is 0 Å². The molecular weight excluding hydrogens is 186 g/mol. The standard InChI is InChI=1S/C8H7N3OS/c9-8(12)6-7-5(1-2-13-7)3-10-4-11-6/h1-4H,(H2,9,12)(H,10,11). The first kappa shape index (κ1) is 8.00. The summed E-state index contributed by atoms with van der Waals surface area (Å²) in [5, 5.41) is 5.57.